The summed E-state index contributed by atoms with van der Waals surface area (Å²) in [6.07, 6.45) is 3.45. The summed E-state index contributed by atoms with van der Waals surface area (Å²) in [6.45, 7) is 1.96. The number of nitriles is 1. The number of benzene rings is 1. The summed E-state index contributed by atoms with van der Waals surface area (Å²) in [5.41, 5.74) is 0.490. The van der Waals surface area contributed by atoms with Gasteiger partial charge in [-0.15, -0.1) is 0 Å². The molecule has 2 rings (SSSR count). The highest BCUT2D eigenvalue weighted by atomic mass is 35.5. The molecule has 0 amide bonds. The van der Waals surface area contributed by atoms with Gasteiger partial charge in [0.25, 0.3) is 0 Å². The van der Waals surface area contributed by atoms with Gasteiger partial charge in [0, 0.05) is 10.7 Å². The Morgan fingerprint density at radius 3 is 2.56 bits per heavy atom. The van der Waals surface area contributed by atoms with Crippen molar-refractivity contribution in [1.82, 2.24) is 0 Å². The van der Waals surface area contributed by atoms with Gasteiger partial charge in [-0.1, -0.05) is 24.4 Å². The minimum Gasteiger partial charge on any atom is -0.368 e. The topological polar surface area (TPSA) is 35.8 Å². The van der Waals surface area contributed by atoms with Crippen molar-refractivity contribution in [3.63, 3.8) is 0 Å². The molecule has 0 aromatic heterocycles. The smallest absolute Gasteiger partial charge is 0.122 e. The lowest BCUT2D eigenvalue weighted by Gasteiger charge is -2.24. The molecular formula is C13H15ClN2. The third-order valence-electron chi connectivity index (χ3n) is 2.91. The van der Waals surface area contributed by atoms with Crippen molar-refractivity contribution in [1.29, 1.82) is 5.26 Å². The van der Waals surface area contributed by atoms with Crippen molar-refractivity contribution >= 4 is 17.3 Å². The second-order valence-electron chi connectivity index (χ2n) is 4.72. The highest BCUT2D eigenvalue weighted by molar-refractivity contribution is 6.30. The highest BCUT2D eigenvalue weighted by Crippen LogP contribution is 2.37. The van der Waals surface area contributed by atoms with Crippen molar-refractivity contribution in [2.24, 2.45) is 5.92 Å². The molecular weight excluding hydrogens is 220 g/mol. The summed E-state index contributed by atoms with van der Waals surface area (Å²) in [6, 6.07) is 9.85. The first kappa shape index (κ1) is 11.3. The van der Waals surface area contributed by atoms with Crippen LogP contribution in [0.1, 0.15) is 26.2 Å². The van der Waals surface area contributed by atoms with E-state index < -0.39 is 5.54 Å². The predicted molar refractivity (Wildman–Crippen MR) is 66.4 cm³/mol. The van der Waals surface area contributed by atoms with Crippen LogP contribution < -0.4 is 5.32 Å². The molecule has 0 aliphatic heterocycles. The molecule has 2 nitrogen and oxygen atoms in total. The zero-order valence-corrected chi connectivity index (χ0v) is 10.1. The van der Waals surface area contributed by atoms with Crippen LogP contribution in [-0.2, 0) is 0 Å². The van der Waals surface area contributed by atoms with Gasteiger partial charge in [-0.05, 0) is 43.5 Å². The molecule has 1 aromatic carbocycles. The van der Waals surface area contributed by atoms with E-state index in [0.717, 1.165) is 18.0 Å². The molecule has 16 heavy (non-hydrogen) atoms. The van der Waals surface area contributed by atoms with Crippen LogP contribution in [0.4, 0.5) is 5.69 Å². The van der Waals surface area contributed by atoms with E-state index in [1.807, 2.05) is 31.2 Å². The Balaban J connectivity index is 2.05. The molecule has 1 aromatic rings. The number of nitrogens with one attached hydrogen (secondary N) is 1. The van der Waals surface area contributed by atoms with Crippen LogP contribution >= 0.6 is 11.6 Å². The Morgan fingerprint density at radius 1 is 1.44 bits per heavy atom. The molecule has 1 unspecified atom stereocenters. The normalized spacial score (nSPS) is 18.6. The Bertz CT molecular complexity index is 403. The molecule has 0 spiro atoms. The molecule has 1 atom stereocenters. The van der Waals surface area contributed by atoms with E-state index in [-0.39, 0.29) is 0 Å². The first-order valence-corrected chi connectivity index (χ1v) is 5.94. The molecule has 0 saturated heterocycles. The van der Waals surface area contributed by atoms with Crippen molar-refractivity contribution in [3.05, 3.63) is 29.3 Å². The number of halogens is 1. The monoisotopic (exact) mass is 234 g/mol. The third-order valence-corrected chi connectivity index (χ3v) is 3.16. The number of hydrogen-bond acceptors (Lipinski definition) is 2. The maximum absolute atomic E-state index is 9.24. The standard InChI is InChI=1S/C13H15ClN2/c1-13(9-15,8-10-2-3-10)16-12-6-4-11(14)5-7-12/h4-7,10,16H,2-3,8H2,1H3. The molecule has 1 aliphatic carbocycles. The van der Waals surface area contributed by atoms with Gasteiger partial charge in [0.1, 0.15) is 5.54 Å². The van der Waals surface area contributed by atoms with Gasteiger partial charge in [-0.2, -0.15) is 5.26 Å². The fraction of sp³-hybridized carbons (Fsp3) is 0.462. The fourth-order valence-corrected chi connectivity index (χ4v) is 2.00. The molecule has 0 radical (unpaired) electrons. The first-order chi connectivity index (χ1) is 7.61. The van der Waals surface area contributed by atoms with Crippen molar-refractivity contribution < 1.29 is 0 Å². The first-order valence-electron chi connectivity index (χ1n) is 5.56. The predicted octanol–water partition coefficient (Wildman–Crippen LogP) is 3.83. The van der Waals surface area contributed by atoms with Gasteiger partial charge in [-0.3, -0.25) is 0 Å². The molecule has 3 heteroatoms. The van der Waals surface area contributed by atoms with Gasteiger partial charge in [-0.25, -0.2) is 0 Å². The van der Waals surface area contributed by atoms with E-state index in [0.29, 0.717) is 5.02 Å². The van der Waals surface area contributed by atoms with Crippen LogP contribution in [-0.4, -0.2) is 5.54 Å². The van der Waals surface area contributed by atoms with E-state index in [2.05, 4.69) is 11.4 Å². The lowest BCUT2D eigenvalue weighted by molar-refractivity contribution is 0.544. The minimum absolute atomic E-state index is 0.463. The summed E-state index contributed by atoms with van der Waals surface area (Å²) < 4.78 is 0. The lowest BCUT2D eigenvalue weighted by Crippen LogP contribution is -2.33. The maximum Gasteiger partial charge on any atom is 0.122 e. The second-order valence-corrected chi connectivity index (χ2v) is 5.16. The van der Waals surface area contributed by atoms with Crippen molar-refractivity contribution in [2.75, 3.05) is 5.32 Å². The summed E-state index contributed by atoms with van der Waals surface area (Å²) in [5.74, 6) is 0.726. The molecule has 0 bridgehead atoms. The lowest BCUT2D eigenvalue weighted by atomic mass is 9.96. The minimum atomic E-state index is -0.463. The van der Waals surface area contributed by atoms with Crippen LogP contribution in [0.2, 0.25) is 5.02 Å². The van der Waals surface area contributed by atoms with E-state index in [1.165, 1.54) is 12.8 Å². The Morgan fingerprint density at radius 2 is 2.06 bits per heavy atom. The van der Waals surface area contributed by atoms with Gasteiger partial charge in [0.2, 0.25) is 0 Å². The Labute approximate surface area is 101 Å². The number of hydrogen-bond donors (Lipinski definition) is 1. The van der Waals surface area contributed by atoms with Gasteiger partial charge in [0.15, 0.2) is 0 Å². The van der Waals surface area contributed by atoms with E-state index >= 15 is 0 Å². The molecule has 1 N–H and O–H groups in total. The van der Waals surface area contributed by atoms with Crippen LogP contribution in [0, 0.1) is 17.2 Å². The van der Waals surface area contributed by atoms with Crippen molar-refractivity contribution in [2.45, 2.75) is 31.7 Å². The summed E-state index contributed by atoms with van der Waals surface area (Å²) in [4.78, 5) is 0. The zero-order valence-electron chi connectivity index (χ0n) is 9.33. The van der Waals surface area contributed by atoms with Crippen LogP contribution in [0.25, 0.3) is 0 Å². The molecule has 0 heterocycles. The van der Waals surface area contributed by atoms with E-state index in [4.69, 9.17) is 11.6 Å². The second kappa shape index (κ2) is 4.35. The maximum atomic E-state index is 9.24. The summed E-state index contributed by atoms with van der Waals surface area (Å²) in [7, 11) is 0. The van der Waals surface area contributed by atoms with Crippen LogP contribution in [0.5, 0.6) is 0 Å². The number of anilines is 1. The van der Waals surface area contributed by atoms with Gasteiger partial charge < -0.3 is 5.32 Å². The SMILES string of the molecule is CC(C#N)(CC1CC1)Nc1ccc(Cl)cc1. The Kier molecular flexibility index (Phi) is 3.07. The average molecular weight is 235 g/mol. The quantitative estimate of drug-likeness (QED) is 0.860. The molecule has 1 aliphatic rings. The molecule has 1 fully saturated rings. The van der Waals surface area contributed by atoms with E-state index in [9.17, 15) is 5.26 Å². The fourth-order valence-electron chi connectivity index (χ4n) is 1.88. The number of nitrogens with zero attached hydrogens (tertiary/aromatic N) is 1. The van der Waals surface area contributed by atoms with E-state index in [1.54, 1.807) is 0 Å². The average Bonchev–Trinajstić information content (AvgIpc) is 3.05. The Hall–Kier alpha value is -1.20. The summed E-state index contributed by atoms with van der Waals surface area (Å²) in [5, 5.41) is 13.2. The van der Waals surface area contributed by atoms with Gasteiger partial charge in [0.05, 0.1) is 6.07 Å². The highest BCUT2D eigenvalue weighted by Gasteiger charge is 2.33. The molecule has 1 saturated carbocycles. The number of rotatable bonds is 4. The van der Waals surface area contributed by atoms with Gasteiger partial charge >= 0.3 is 0 Å². The zero-order chi connectivity index (χ0) is 11.6. The molecule has 84 valence electrons. The van der Waals surface area contributed by atoms with Crippen LogP contribution in [0.15, 0.2) is 24.3 Å². The van der Waals surface area contributed by atoms with Crippen LogP contribution in [0.3, 0.4) is 0 Å². The third kappa shape index (κ3) is 2.90. The summed E-state index contributed by atoms with van der Waals surface area (Å²) >= 11 is 5.82. The largest absolute Gasteiger partial charge is 0.368 e. The van der Waals surface area contributed by atoms with Crippen molar-refractivity contribution in [3.8, 4) is 6.07 Å².